The standard InChI is InChI=1S/C23H21F4N5O/c1-2-33-19-12-18-14(11-16(19)24)5-7-17(28-18)22-30-29-20-8-6-15(13-32(20)22)21(23(25,26)27)31-9-3-4-10-31/h5-8,11-13,21H,2-4,9-10H2,1H3/t21-/m1/s1. The van der Waals surface area contributed by atoms with E-state index in [0.29, 0.717) is 47.8 Å². The number of aromatic nitrogens is 4. The molecule has 6 nitrogen and oxygen atoms in total. The monoisotopic (exact) mass is 459 g/mol. The second-order valence-electron chi connectivity index (χ2n) is 8.01. The second-order valence-corrected chi connectivity index (χ2v) is 8.01. The van der Waals surface area contributed by atoms with E-state index in [1.54, 1.807) is 19.1 Å². The van der Waals surface area contributed by atoms with Crippen molar-refractivity contribution in [1.82, 2.24) is 24.5 Å². The summed E-state index contributed by atoms with van der Waals surface area (Å²) in [6.45, 7) is 2.87. The fourth-order valence-corrected chi connectivity index (χ4v) is 4.36. The number of ether oxygens (including phenoxy) is 1. The summed E-state index contributed by atoms with van der Waals surface area (Å²) in [7, 11) is 0. The van der Waals surface area contributed by atoms with Crippen LogP contribution in [-0.2, 0) is 0 Å². The Kier molecular flexibility index (Phi) is 5.40. The van der Waals surface area contributed by atoms with Gasteiger partial charge in [0, 0.05) is 17.6 Å². The van der Waals surface area contributed by atoms with E-state index in [9.17, 15) is 17.6 Å². The number of halogens is 4. The molecule has 0 bridgehead atoms. The van der Waals surface area contributed by atoms with Crippen molar-refractivity contribution in [1.29, 1.82) is 0 Å². The first kappa shape index (κ1) is 21.6. The first-order valence-corrected chi connectivity index (χ1v) is 10.7. The van der Waals surface area contributed by atoms with Gasteiger partial charge in [-0.25, -0.2) is 9.37 Å². The molecule has 3 aromatic heterocycles. The van der Waals surface area contributed by atoms with Crippen molar-refractivity contribution in [3.8, 4) is 17.3 Å². The Morgan fingerprint density at radius 2 is 1.85 bits per heavy atom. The fraction of sp³-hybridized carbons (Fsp3) is 0.348. The first-order chi connectivity index (χ1) is 15.8. The van der Waals surface area contributed by atoms with Gasteiger partial charge in [-0.2, -0.15) is 13.2 Å². The molecule has 1 atom stereocenters. The number of alkyl halides is 3. The molecule has 5 rings (SSSR count). The van der Waals surface area contributed by atoms with E-state index in [1.165, 1.54) is 39.8 Å². The lowest BCUT2D eigenvalue weighted by atomic mass is 10.1. The molecule has 0 unspecified atom stereocenters. The van der Waals surface area contributed by atoms with Gasteiger partial charge in [0.1, 0.15) is 11.7 Å². The maximum absolute atomic E-state index is 14.2. The summed E-state index contributed by atoms with van der Waals surface area (Å²) in [6.07, 6.45) is -1.48. The summed E-state index contributed by atoms with van der Waals surface area (Å²) >= 11 is 0. The summed E-state index contributed by atoms with van der Waals surface area (Å²) in [5, 5.41) is 8.82. The normalized spacial score (nSPS) is 16.0. The molecule has 1 aliphatic heterocycles. The van der Waals surface area contributed by atoms with Gasteiger partial charge in [-0.1, -0.05) is 12.1 Å². The Bertz CT molecular complexity index is 1310. The average molecular weight is 459 g/mol. The predicted molar refractivity (Wildman–Crippen MR) is 114 cm³/mol. The molecule has 1 aromatic carbocycles. The predicted octanol–water partition coefficient (Wildman–Crippen LogP) is 5.18. The third-order valence-electron chi connectivity index (χ3n) is 5.83. The number of benzene rings is 1. The van der Waals surface area contributed by atoms with Crippen LogP contribution in [0.2, 0.25) is 0 Å². The summed E-state index contributed by atoms with van der Waals surface area (Å²) in [5.41, 5.74) is 1.42. The van der Waals surface area contributed by atoms with Crippen molar-refractivity contribution in [2.75, 3.05) is 19.7 Å². The highest BCUT2D eigenvalue weighted by molar-refractivity contribution is 5.82. The van der Waals surface area contributed by atoms with Crippen LogP contribution in [0, 0.1) is 5.82 Å². The summed E-state index contributed by atoms with van der Waals surface area (Å²) in [4.78, 5) is 6.01. The first-order valence-electron chi connectivity index (χ1n) is 10.7. The molecule has 0 aliphatic carbocycles. The minimum Gasteiger partial charge on any atom is -0.491 e. The maximum Gasteiger partial charge on any atom is 0.408 e. The Hall–Kier alpha value is -3.27. The van der Waals surface area contributed by atoms with Crippen LogP contribution in [-0.4, -0.2) is 50.4 Å². The number of pyridine rings is 2. The Morgan fingerprint density at radius 1 is 1.06 bits per heavy atom. The largest absolute Gasteiger partial charge is 0.491 e. The van der Waals surface area contributed by atoms with Crippen LogP contribution in [0.3, 0.4) is 0 Å². The number of fused-ring (bicyclic) bond motifs is 2. The number of likely N-dealkylation sites (tertiary alicyclic amines) is 1. The van der Waals surface area contributed by atoms with Gasteiger partial charge in [-0.05, 0) is 56.6 Å². The zero-order valence-electron chi connectivity index (χ0n) is 17.8. The summed E-state index contributed by atoms with van der Waals surface area (Å²) in [5.74, 6) is -0.100. The highest BCUT2D eigenvalue weighted by Gasteiger charge is 2.45. The third kappa shape index (κ3) is 3.99. The molecule has 1 aliphatic rings. The molecule has 1 fully saturated rings. The zero-order chi connectivity index (χ0) is 23.2. The molecule has 0 saturated carbocycles. The lowest BCUT2D eigenvalue weighted by molar-refractivity contribution is -0.183. The Morgan fingerprint density at radius 3 is 2.58 bits per heavy atom. The minimum atomic E-state index is -4.41. The Balaban J connectivity index is 1.60. The van der Waals surface area contributed by atoms with Crippen LogP contribution in [0.5, 0.6) is 5.75 Å². The van der Waals surface area contributed by atoms with Crippen LogP contribution in [0.4, 0.5) is 17.6 Å². The van der Waals surface area contributed by atoms with Crippen molar-refractivity contribution in [2.45, 2.75) is 32.0 Å². The molecule has 172 valence electrons. The summed E-state index contributed by atoms with van der Waals surface area (Å²) in [6, 6.07) is 7.46. The van der Waals surface area contributed by atoms with Gasteiger partial charge in [-0.3, -0.25) is 9.30 Å². The molecule has 0 radical (unpaired) electrons. The Labute approximate surface area is 186 Å². The van der Waals surface area contributed by atoms with E-state index in [1.807, 2.05) is 0 Å². The molecule has 0 spiro atoms. The van der Waals surface area contributed by atoms with Gasteiger partial charge in [0.15, 0.2) is 23.0 Å². The van der Waals surface area contributed by atoms with Crippen molar-refractivity contribution in [3.05, 3.63) is 54.0 Å². The van der Waals surface area contributed by atoms with Crippen molar-refractivity contribution in [3.63, 3.8) is 0 Å². The molecule has 0 N–H and O–H groups in total. The van der Waals surface area contributed by atoms with Gasteiger partial charge in [-0.15, -0.1) is 10.2 Å². The van der Waals surface area contributed by atoms with Crippen molar-refractivity contribution >= 4 is 16.6 Å². The fourth-order valence-electron chi connectivity index (χ4n) is 4.36. The molecule has 10 heteroatoms. The smallest absolute Gasteiger partial charge is 0.408 e. The zero-order valence-corrected chi connectivity index (χ0v) is 17.8. The van der Waals surface area contributed by atoms with Crippen LogP contribution < -0.4 is 4.74 Å². The topological polar surface area (TPSA) is 55.6 Å². The van der Waals surface area contributed by atoms with Gasteiger partial charge in [0.2, 0.25) is 0 Å². The van der Waals surface area contributed by atoms with Gasteiger partial charge in [0.25, 0.3) is 0 Å². The minimum absolute atomic E-state index is 0.0849. The quantitative estimate of drug-likeness (QED) is 0.385. The van der Waals surface area contributed by atoms with Crippen LogP contribution in [0.1, 0.15) is 31.4 Å². The highest BCUT2D eigenvalue weighted by atomic mass is 19.4. The van der Waals surface area contributed by atoms with E-state index in [0.717, 1.165) is 12.8 Å². The molecule has 4 aromatic rings. The highest BCUT2D eigenvalue weighted by Crippen LogP contribution is 2.39. The molecule has 33 heavy (non-hydrogen) atoms. The van der Waals surface area contributed by atoms with Gasteiger partial charge >= 0.3 is 6.18 Å². The lowest BCUT2D eigenvalue weighted by Crippen LogP contribution is -2.36. The maximum atomic E-state index is 14.2. The van der Waals surface area contributed by atoms with Crippen molar-refractivity contribution < 1.29 is 22.3 Å². The van der Waals surface area contributed by atoms with E-state index < -0.39 is 18.0 Å². The van der Waals surface area contributed by atoms with E-state index in [2.05, 4.69) is 15.2 Å². The molecular weight excluding hydrogens is 438 g/mol. The lowest BCUT2D eigenvalue weighted by Gasteiger charge is -2.29. The number of hydrogen-bond acceptors (Lipinski definition) is 5. The molecular formula is C23H21F4N5O. The van der Waals surface area contributed by atoms with E-state index >= 15 is 0 Å². The van der Waals surface area contributed by atoms with E-state index in [-0.39, 0.29) is 11.3 Å². The van der Waals surface area contributed by atoms with Crippen molar-refractivity contribution in [2.24, 2.45) is 0 Å². The number of rotatable bonds is 5. The SMILES string of the molecule is CCOc1cc2nc(-c3nnc4ccc([C@@H](N5CCCC5)C(F)(F)F)cn34)ccc2cc1F. The number of nitrogens with zero attached hydrogens (tertiary/aromatic N) is 5. The molecule has 0 amide bonds. The summed E-state index contributed by atoms with van der Waals surface area (Å²) < 4.78 is 62.9. The van der Waals surface area contributed by atoms with Crippen LogP contribution in [0.15, 0.2) is 42.6 Å². The third-order valence-corrected chi connectivity index (χ3v) is 5.83. The van der Waals surface area contributed by atoms with Gasteiger partial charge < -0.3 is 4.74 Å². The van der Waals surface area contributed by atoms with Crippen LogP contribution >= 0.6 is 0 Å². The number of hydrogen-bond donors (Lipinski definition) is 0. The average Bonchev–Trinajstić information content (AvgIpc) is 3.43. The van der Waals surface area contributed by atoms with E-state index in [4.69, 9.17) is 4.74 Å². The molecule has 4 heterocycles. The van der Waals surface area contributed by atoms with Gasteiger partial charge in [0.05, 0.1) is 12.1 Å². The van der Waals surface area contributed by atoms with Crippen LogP contribution in [0.25, 0.3) is 28.1 Å². The molecule has 1 saturated heterocycles. The second kappa shape index (κ2) is 8.26.